The molecule has 1 saturated carbocycles. The largest absolute Gasteiger partial charge is 0.493 e. The highest BCUT2D eigenvalue weighted by molar-refractivity contribution is 6.31. The Kier molecular flexibility index (Phi) is 12.1. The fourth-order valence-corrected chi connectivity index (χ4v) is 6.13. The molecule has 0 spiro atoms. The van der Waals surface area contributed by atoms with Crippen molar-refractivity contribution in [3.05, 3.63) is 64.2 Å². The summed E-state index contributed by atoms with van der Waals surface area (Å²) in [4.78, 5) is 48.2. The summed E-state index contributed by atoms with van der Waals surface area (Å²) in [6, 6.07) is 12.5. The number of alkyl halides is 2. The van der Waals surface area contributed by atoms with Crippen molar-refractivity contribution in [2.24, 2.45) is 5.41 Å². The van der Waals surface area contributed by atoms with Crippen LogP contribution in [0.5, 0.6) is 5.75 Å². The number of esters is 4. The molecular weight excluding hydrogens is 654 g/mol. The van der Waals surface area contributed by atoms with E-state index in [1.165, 1.54) is 13.8 Å². The van der Waals surface area contributed by atoms with Gasteiger partial charge in [-0.1, -0.05) is 42.8 Å². The van der Waals surface area contributed by atoms with Crippen LogP contribution in [0.2, 0.25) is 5.02 Å². The molecule has 2 aromatic carbocycles. The smallest absolute Gasteiger partial charge is 0.303 e. The summed E-state index contributed by atoms with van der Waals surface area (Å²) < 4.78 is 61.3. The Hall–Kier alpha value is -3.77. The maximum atomic E-state index is 13.6. The first-order chi connectivity index (χ1) is 22.5. The van der Waals surface area contributed by atoms with Gasteiger partial charge in [-0.25, -0.2) is 8.78 Å². The molecule has 1 heterocycles. The molecule has 2 fully saturated rings. The van der Waals surface area contributed by atoms with Gasteiger partial charge in [0.05, 0.1) is 6.61 Å². The third-order valence-corrected chi connectivity index (χ3v) is 8.85. The minimum atomic E-state index is -2.60. The van der Waals surface area contributed by atoms with Crippen LogP contribution in [0.25, 0.3) is 0 Å². The van der Waals surface area contributed by atoms with E-state index in [9.17, 15) is 28.0 Å². The molecule has 262 valence electrons. The maximum Gasteiger partial charge on any atom is 0.303 e. The third kappa shape index (κ3) is 10.1. The predicted molar refractivity (Wildman–Crippen MR) is 169 cm³/mol. The summed E-state index contributed by atoms with van der Waals surface area (Å²) in [5.41, 5.74) is 1.79. The van der Waals surface area contributed by atoms with Gasteiger partial charge in [-0.05, 0) is 54.2 Å². The summed E-state index contributed by atoms with van der Waals surface area (Å²) in [5, 5.41) is 0.451. The third-order valence-electron chi connectivity index (χ3n) is 8.48. The standard InChI is InChI=1S/C35H41ClF2O10/c1-20(39)43-18-29-31(45-21(2)40)33(47-23(4)42)32(46-22(3)41)30(48-29)25-8-11-28(36)26(17-25)16-24-6-9-27(10-7-24)44-19-34(5)12-14-35(37,38)15-13-34/h6-11,17,29-33H,12-16,18-19H2,1-5H3. The molecule has 4 rings (SSSR count). The van der Waals surface area contributed by atoms with E-state index in [1.54, 1.807) is 18.2 Å². The zero-order valence-electron chi connectivity index (χ0n) is 27.6. The van der Waals surface area contributed by atoms with E-state index >= 15 is 0 Å². The van der Waals surface area contributed by atoms with Gasteiger partial charge in [-0.15, -0.1) is 0 Å². The van der Waals surface area contributed by atoms with Crippen LogP contribution >= 0.6 is 11.6 Å². The second kappa shape index (κ2) is 15.6. The second-order valence-corrected chi connectivity index (χ2v) is 13.2. The Labute approximate surface area is 283 Å². The lowest BCUT2D eigenvalue weighted by atomic mass is 9.75. The summed E-state index contributed by atoms with van der Waals surface area (Å²) in [6.07, 6.45) is -5.02. The Morgan fingerprint density at radius 3 is 1.98 bits per heavy atom. The number of carbonyl (C=O) groups excluding carboxylic acids is 4. The van der Waals surface area contributed by atoms with Gasteiger partial charge in [0.15, 0.2) is 18.3 Å². The molecule has 2 aromatic rings. The number of carbonyl (C=O) groups is 4. The maximum absolute atomic E-state index is 13.6. The number of benzene rings is 2. The molecule has 1 saturated heterocycles. The van der Waals surface area contributed by atoms with Crippen molar-refractivity contribution in [2.75, 3.05) is 13.2 Å². The summed E-state index contributed by atoms with van der Waals surface area (Å²) in [7, 11) is 0. The zero-order chi connectivity index (χ0) is 35.2. The first-order valence-electron chi connectivity index (χ1n) is 15.7. The molecule has 10 nitrogen and oxygen atoms in total. The molecule has 48 heavy (non-hydrogen) atoms. The van der Waals surface area contributed by atoms with Crippen molar-refractivity contribution in [3.63, 3.8) is 0 Å². The fourth-order valence-electron chi connectivity index (χ4n) is 5.95. The minimum absolute atomic E-state index is 0.136. The first kappa shape index (κ1) is 37.1. The van der Waals surface area contributed by atoms with Crippen LogP contribution in [0, 0.1) is 5.41 Å². The Morgan fingerprint density at radius 2 is 1.40 bits per heavy atom. The van der Waals surface area contributed by atoms with Gasteiger partial charge in [0.25, 0.3) is 0 Å². The fraction of sp³-hybridized carbons (Fsp3) is 0.543. The van der Waals surface area contributed by atoms with Crippen molar-refractivity contribution >= 4 is 35.5 Å². The van der Waals surface area contributed by atoms with Crippen molar-refractivity contribution in [1.82, 2.24) is 0 Å². The summed E-state index contributed by atoms with van der Waals surface area (Å²) in [5.74, 6) is -4.73. The molecule has 1 aliphatic heterocycles. The molecule has 13 heteroatoms. The quantitative estimate of drug-likeness (QED) is 0.195. The molecule has 0 bridgehead atoms. The van der Waals surface area contributed by atoms with Gasteiger partial charge in [0, 0.05) is 51.0 Å². The van der Waals surface area contributed by atoms with Crippen LogP contribution in [0.15, 0.2) is 42.5 Å². The molecule has 2 aliphatic rings. The monoisotopic (exact) mass is 694 g/mol. The van der Waals surface area contributed by atoms with E-state index in [0.29, 0.717) is 47.8 Å². The molecule has 0 radical (unpaired) electrons. The van der Waals surface area contributed by atoms with E-state index in [1.807, 2.05) is 31.2 Å². The second-order valence-electron chi connectivity index (χ2n) is 12.7. The number of halogens is 3. The number of hydrogen-bond acceptors (Lipinski definition) is 10. The van der Waals surface area contributed by atoms with E-state index in [-0.39, 0.29) is 24.9 Å². The average Bonchev–Trinajstić information content (AvgIpc) is 3.00. The molecule has 5 atom stereocenters. The van der Waals surface area contributed by atoms with Crippen LogP contribution in [0.3, 0.4) is 0 Å². The van der Waals surface area contributed by atoms with E-state index < -0.39 is 60.3 Å². The van der Waals surface area contributed by atoms with Crippen LogP contribution in [0.4, 0.5) is 8.78 Å². The van der Waals surface area contributed by atoms with Crippen LogP contribution in [-0.2, 0) is 49.3 Å². The minimum Gasteiger partial charge on any atom is -0.493 e. The van der Waals surface area contributed by atoms with E-state index in [2.05, 4.69) is 0 Å². The first-order valence-corrected chi connectivity index (χ1v) is 16.1. The number of rotatable bonds is 11. The molecule has 0 N–H and O–H groups in total. The number of hydrogen-bond donors (Lipinski definition) is 0. The zero-order valence-corrected chi connectivity index (χ0v) is 28.4. The van der Waals surface area contributed by atoms with Gasteiger partial charge in [-0.3, -0.25) is 19.2 Å². The summed E-state index contributed by atoms with van der Waals surface area (Å²) in [6.45, 7) is 6.68. The Morgan fingerprint density at radius 1 is 0.812 bits per heavy atom. The van der Waals surface area contributed by atoms with Gasteiger partial charge in [0.2, 0.25) is 5.92 Å². The van der Waals surface area contributed by atoms with Crippen LogP contribution in [-0.4, -0.2) is 67.4 Å². The highest BCUT2D eigenvalue weighted by Gasteiger charge is 2.52. The lowest BCUT2D eigenvalue weighted by Crippen LogP contribution is -2.59. The Bertz CT molecular complexity index is 1470. The average molecular weight is 695 g/mol. The van der Waals surface area contributed by atoms with Gasteiger partial charge < -0.3 is 28.4 Å². The van der Waals surface area contributed by atoms with Crippen molar-refractivity contribution in [2.45, 2.75) is 103 Å². The summed E-state index contributed by atoms with van der Waals surface area (Å²) >= 11 is 6.61. The van der Waals surface area contributed by atoms with Gasteiger partial charge in [0.1, 0.15) is 24.6 Å². The van der Waals surface area contributed by atoms with Crippen molar-refractivity contribution in [1.29, 1.82) is 0 Å². The van der Waals surface area contributed by atoms with E-state index in [4.69, 9.17) is 40.0 Å². The highest BCUT2D eigenvalue weighted by Crippen LogP contribution is 2.44. The molecule has 1 aliphatic carbocycles. The predicted octanol–water partition coefficient (Wildman–Crippen LogP) is 6.32. The van der Waals surface area contributed by atoms with Gasteiger partial charge in [-0.2, -0.15) is 0 Å². The topological polar surface area (TPSA) is 124 Å². The molecular formula is C35H41ClF2O10. The normalized spacial score (nSPS) is 24.5. The SMILES string of the molecule is CC(=O)OCC1OC(c2ccc(Cl)c(Cc3ccc(OCC4(C)CCC(F)(F)CC4)cc3)c2)C(OC(C)=O)C(OC(C)=O)C1OC(C)=O. The molecule has 5 unspecified atom stereocenters. The van der Waals surface area contributed by atoms with Crippen molar-refractivity contribution in [3.8, 4) is 5.75 Å². The lowest BCUT2D eigenvalue weighted by molar-refractivity contribution is -0.254. The van der Waals surface area contributed by atoms with Crippen molar-refractivity contribution < 1.29 is 56.4 Å². The Balaban J connectivity index is 1.57. The molecule has 0 amide bonds. The van der Waals surface area contributed by atoms with E-state index in [0.717, 1.165) is 19.4 Å². The lowest BCUT2D eigenvalue weighted by Gasteiger charge is -2.44. The molecule has 0 aromatic heterocycles. The highest BCUT2D eigenvalue weighted by atomic mass is 35.5. The van der Waals surface area contributed by atoms with Crippen LogP contribution in [0.1, 0.15) is 83.1 Å². The van der Waals surface area contributed by atoms with Gasteiger partial charge >= 0.3 is 23.9 Å². The van der Waals surface area contributed by atoms with Crippen LogP contribution < -0.4 is 4.74 Å². The number of ether oxygens (including phenoxy) is 6.